The summed E-state index contributed by atoms with van der Waals surface area (Å²) >= 11 is 0. The monoisotopic (exact) mass is 344 g/mol. The van der Waals surface area contributed by atoms with Crippen LogP contribution in [0.25, 0.3) is 0 Å². The van der Waals surface area contributed by atoms with Crippen molar-refractivity contribution in [3.05, 3.63) is 42.0 Å². The van der Waals surface area contributed by atoms with Gasteiger partial charge in [0.25, 0.3) is 5.91 Å². The number of anilines is 2. The maximum absolute atomic E-state index is 12.5. The van der Waals surface area contributed by atoms with E-state index in [4.69, 9.17) is 24.7 Å². The number of fused-ring (bicyclic) bond motifs is 1. The third kappa shape index (κ3) is 4.13. The van der Waals surface area contributed by atoms with Crippen molar-refractivity contribution < 1.29 is 23.7 Å². The van der Waals surface area contributed by atoms with Crippen molar-refractivity contribution in [1.82, 2.24) is 0 Å². The average molecular weight is 344 g/mol. The molecule has 1 aliphatic heterocycles. The Balaban J connectivity index is 1.67. The predicted molar refractivity (Wildman–Crippen MR) is 93.4 cm³/mol. The Hall–Kier alpha value is -2.93. The molecule has 1 amide bonds. The van der Waals surface area contributed by atoms with E-state index < -0.39 is 0 Å². The fraction of sp³-hybridized carbons (Fsp3) is 0.278. The first-order valence-corrected chi connectivity index (χ1v) is 7.89. The number of rotatable bonds is 7. The van der Waals surface area contributed by atoms with Gasteiger partial charge in [0.15, 0.2) is 11.5 Å². The summed E-state index contributed by atoms with van der Waals surface area (Å²) in [5.41, 5.74) is 7.31. The van der Waals surface area contributed by atoms with Crippen LogP contribution in [0.5, 0.6) is 17.2 Å². The van der Waals surface area contributed by atoms with Crippen molar-refractivity contribution in [3.63, 3.8) is 0 Å². The van der Waals surface area contributed by atoms with E-state index >= 15 is 0 Å². The van der Waals surface area contributed by atoms with Crippen LogP contribution in [0.4, 0.5) is 11.4 Å². The summed E-state index contributed by atoms with van der Waals surface area (Å²) in [6, 6.07) is 10.3. The van der Waals surface area contributed by atoms with E-state index in [0.717, 1.165) is 6.42 Å². The molecule has 0 aromatic heterocycles. The highest BCUT2D eigenvalue weighted by Gasteiger charge is 2.17. The number of nitrogen functional groups attached to an aromatic ring is 1. The van der Waals surface area contributed by atoms with E-state index in [0.29, 0.717) is 47.4 Å². The van der Waals surface area contributed by atoms with Gasteiger partial charge in [-0.3, -0.25) is 4.79 Å². The van der Waals surface area contributed by atoms with Crippen molar-refractivity contribution in [2.24, 2.45) is 0 Å². The molecule has 0 saturated heterocycles. The molecule has 0 radical (unpaired) electrons. The Kier molecular flexibility index (Phi) is 5.25. The van der Waals surface area contributed by atoms with Crippen LogP contribution < -0.4 is 25.3 Å². The summed E-state index contributed by atoms with van der Waals surface area (Å²) in [4.78, 5) is 12.5. The third-order valence-corrected chi connectivity index (χ3v) is 3.65. The van der Waals surface area contributed by atoms with Gasteiger partial charge in [0.05, 0.1) is 18.0 Å². The van der Waals surface area contributed by atoms with Gasteiger partial charge in [-0.05, 0) is 18.2 Å². The maximum atomic E-state index is 12.5. The number of hydrogen-bond donors (Lipinski definition) is 2. The lowest BCUT2D eigenvalue weighted by Gasteiger charge is -2.11. The summed E-state index contributed by atoms with van der Waals surface area (Å²) in [6.07, 6.45) is 0.778. The molecule has 2 aromatic rings. The number of ether oxygens (including phenoxy) is 4. The second kappa shape index (κ2) is 7.76. The van der Waals surface area contributed by atoms with Crippen LogP contribution in [0.15, 0.2) is 36.4 Å². The number of hydrogen-bond acceptors (Lipinski definition) is 6. The van der Waals surface area contributed by atoms with Gasteiger partial charge in [0.1, 0.15) is 5.75 Å². The van der Waals surface area contributed by atoms with Crippen molar-refractivity contribution in [2.75, 3.05) is 38.2 Å². The standard InChI is InChI=1S/C18H20N2O5/c1-22-6-3-7-23-13-5-2-4-12(8-13)18(21)20-15-10-17-16(9-14(15)19)24-11-25-17/h2,4-5,8-10H,3,6-7,11,19H2,1H3,(H,20,21). The normalized spacial score (nSPS) is 12.0. The minimum Gasteiger partial charge on any atom is -0.493 e. The molecule has 0 fully saturated rings. The predicted octanol–water partition coefficient (Wildman–Crippen LogP) is 2.67. The summed E-state index contributed by atoms with van der Waals surface area (Å²) in [5, 5.41) is 2.78. The number of nitrogens with one attached hydrogen (secondary N) is 1. The quantitative estimate of drug-likeness (QED) is 0.593. The van der Waals surface area contributed by atoms with Gasteiger partial charge in [0.2, 0.25) is 6.79 Å². The SMILES string of the molecule is COCCCOc1cccc(C(=O)Nc2cc3c(cc2N)OCO3)c1. The highest BCUT2D eigenvalue weighted by atomic mass is 16.7. The van der Waals surface area contributed by atoms with Gasteiger partial charge in [0, 0.05) is 37.8 Å². The van der Waals surface area contributed by atoms with E-state index in [9.17, 15) is 4.79 Å². The molecular formula is C18H20N2O5. The Labute approximate surface area is 145 Å². The third-order valence-electron chi connectivity index (χ3n) is 3.65. The van der Waals surface area contributed by atoms with E-state index in [1.807, 2.05) is 0 Å². The number of benzene rings is 2. The summed E-state index contributed by atoms with van der Waals surface area (Å²) in [6.45, 7) is 1.30. The van der Waals surface area contributed by atoms with Crippen molar-refractivity contribution in [3.8, 4) is 17.2 Å². The van der Waals surface area contributed by atoms with Gasteiger partial charge in [-0.25, -0.2) is 0 Å². The molecule has 2 aromatic carbocycles. The first kappa shape index (κ1) is 16.9. The second-order valence-electron chi connectivity index (χ2n) is 5.47. The highest BCUT2D eigenvalue weighted by molar-refractivity contribution is 6.06. The van der Waals surface area contributed by atoms with Crippen LogP contribution in [0.1, 0.15) is 16.8 Å². The molecular weight excluding hydrogens is 324 g/mol. The number of carbonyl (C=O) groups excluding carboxylic acids is 1. The lowest BCUT2D eigenvalue weighted by molar-refractivity contribution is 0.102. The summed E-state index contributed by atoms with van der Waals surface area (Å²) in [5.74, 6) is 1.47. The Morgan fingerprint density at radius 1 is 1.20 bits per heavy atom. The molecule has 0 spiro atoms. The average Bonchev–Trinajstić information content (AvgIpc) is 3.06. The first-order valence-electron chi connectivity index (χ1n) is 7.89. The van der Waals surface area contributed by atoms with Crippen molar-refractivity contribution >= 4 is 17.3 Å². The van der Waals surface area contributed by atoms with E-state index in [-0.39, 0.29) is 12.7 Å². The number of amides is 1. The fourth-order valence-corrected chi connectivity index (χ4v) is 2.38. The zero-order valence-corrected chi connectivity index (χ0v) is 13.9. The molecule has 132 valence electrons. The number of nitrogens with two attached hydrogens (primary N) is 1. The van der Waals surface area contributed by atoms with Gasteiger partial charge in [-0.15, -0.1) is 0 Å². The van der Waals surface area contributed by atoms with Gasteiger partial charge in [-0.2, -0.15) is 0 Å². The van der Waals surface area contributed by atoms with Crippen LogP contribution in [0.3, 0.4) is 0 Å². The molecule has 25 heavy (non-hydrogen) atoms. The minimum absolute atomic E-state index is 0.147. The summed E-state index contributed by atoms with van der Waals surface area (Å²) in [7, 11) is 1.65. The van der Waals surface area contributed by atoms with Crippen LogP contribution in [0, 0.1) is 0 Å². The number of carbonyl (C=O) groups is 1. The largest absolute Gasteiger partial charge is 0.493 e. The lowest BCUT2D eigenvalue weighted by Crippen LogP contribution is -2.13. The molecule has 7 nitrogen and oxygen atoms in total. The zero-order valence-electron chi connectivity index (χ0n) is 13.9. The Morgan fingerprint density at radius 3 is 2.80 bits per heavy atom. The molecule has 0 atom stereocenters. The summed E-state index contributed by atoms with van der Waals surface area (Å²) < 4.78 is 21.1. The van der Waals surface area contributed by atoms with E-state index in [1.165, 1.54) is 0 Å². The molecule has 3 N–H and O–H groups in total. The van der Waals surface area contributed by atoms with Crippen molar-refractivity contribution in [2.45, 2.75) is 6.42 Å². The van der Waals surface area contributed by atoms with E-state index in [1.54, 1.807) is 43.5 Å². The maximum Gasteiger partial charge on any atom is 0.255 e. The molecule has 1 aliphatic rings. The molecule has 1 heterocycles. The fourth-order valence-electron chi connectivity index (χ4n) is 2.38. The van der Waals surface area contributed by atoms with Crippen LogP contribution in [-0.4, -0.2) is 33.0 Å². The van der Waals surface area contributed by atoms with Gasteiger partial charge < -0.3 is 30.0 Å². The van der Waals surface area contributed by atoms with Gasteiger partial charge >= 0.3 is 0 Å². The minimum atomic E-state index is -0.284. The molecule has 0 aliphatic carbocycles. The molecule has 3 rings (SSSR count). The van der Waals surface area contributed by atoms with Gasteiger partial charge in [-0.1, -0.05) is 6.07 Å². The van der Waals surface area contributed by atoms with Crippen molar-refractivity contribution in [1.29, 1.82) is 0 Å². The van der Waals surface area contributed by atoms with Crippen LogP contribution >= 0.6 is 0 Å². The molecule has 0 saturated carbocycles. The lowest BCUT2D eigenvalue weighted by atomic mass is 10.2. The highest BCUT2D eigenvalue weighted by Crippen LogP contribution is 2.38. The Morgan fingerprint density at radius 2 is 2.00 bits per heavy atom. The zero-order chi connectivity index (χ0) is 17.6. The molecule has 7 heteroatoms. The Bertz CT molecular complexity index is 763. The van der Waals surface area contributed by atoms with Crippen LogP contribution in [-0.2, 0) is 4.74 Å². The topological polar surface area (TPSA) is 92.0 Å². The smallest absolute Gasteiger partial charge is 0.255 e. The molecule has 0 unspecified atom stereocenters. The number of methoxy groups -OCH3 is 1. The van der Waals surface area contributed by atoms with E-state index in [2.05, 4.69) is 5.32 Å². The second-order valence-corrected chi connectivity index (χ2v) is 5.47. The van der Waals surface area contributed by atoms with Crippen LogP contribution in [0.2, 0.25) is 0 Å². The first-order chi connectivity index (χ1) is 12.2. The molecule has 0 bridgehead atoms.